The number of benzene rings is 2. The SMILES string of the molecule is CC[C@H]1OC(=O)[C@H](C)[C@H]2OC/C(=N/Oc3ccc4ccccc4c3)CO[C@](C)(C[C@@H](C)C(=O)[C@H](C)[C@H]3NC(=O)O[C@@]31C)[C@H](O[C@@H]1O[C@H](C)C[C@H](N(C)C)[C@H]1O)[C@H]2C. The summed E-state index contributed by atoms with van der Waals surface area (Å²) < 4.78 is 38.8. The summed E-state index contributed by atoms with van der Waals surface area (Å²) in [5, 5.41) is 21.1. The lowest BCUT2D eigenvalue weighted by molar-refractivity contribution is -0.302. The summed E-state index contributed by atoms with van der Waals surface area (Å²) in [4.78, 5) is 49.6. The Morgan fingerprint density at radius 1 is 0.982 bits per heavy atom. The van der Waals surface area contributed by atoms with Crippen LogP contribution in [0.4, 0.5) is 4.79 Å². The number of esters is 1. The minimum Gasteiger partial charge on any atom is -0.458 e. The lowest BCUT2D eigenvalue weighted by Gasteiger charge is -2.48. The lowest BCUT2D eigenvalue weighted by Crippen LogP contribution is -2.60. The third kappa shape index (κ3) is 8.86. The summed E-state index contributed by atoms with van der Waals surface area (Å²) in [6.07, 6.45) is -4.53. The predicted molar refractivity (Wildman–Crippen MR) is 212 cm³/mol. The first kappa shape index (κ1) is 42.9. The van der Waals surface area contributed by atoms with Crippen LogP contribution in [0.3, 0.4) is 0 Å². The highest BCUT2D eigenvalue weighted by molar-refractivity contribution is 5.87. The molecule has 4 aliphatic heterocycles. The van der Waals surface area contributed by atoms with E-state index in [-0.39, 0.29) is 37.6 Å². The minimum absolute atomic E-state index is 0.0602. The number of Topliss-reactive ketones (excluding diaryl/α,β-unsaturated/α-hetero) is 1. The number of nitrogens with zero attached hydrogens (tertiary/aromatic N) is 2. The van der Waals surface area contributed by atoms with Crippen LogP contribution in [0.5, 0.6) is 5.75 Å². The summed E-state index contributed by atoms with van der Waals surface area (Å²) in [5.41, 5.74) is -2.17. The van der Waals surface area contributed by atoms with Gasteiger partial charge in [0, 0.05) is 23.8 Å². The van der Waals surface area contributed by atoms with Crippen LogP contribution in [0.1, 0.15) is 74.7 Å². The smallest absolute Gasteiger partial charge is 0.408 e. The second-order valence-corrected chi connectivity index (χ2v) is 17.2. The van der Waals surface area contributed by atoms with E-state index in [1.165, 1.54) is 0 Å². The number of carbonyl (C=O) groups is 3. The van der Waals surface area contributed by atoms with Crippen LogP contribution in [0.2, 0.25) is 0 Å². The van der Waals surface area contributed by atoms with Crippen LogP contribution in [0.15, 0.2) is 47.6 Å². The number of rotatable bonds is 6. The first-order valence-corrected chi connectivity index (χ1v) is 20.3. The van der Waals surface area contributed by atoms with Crippen molar-refractivity contribution < 1.29 is 52.7 Å². The standard InChI is InChI=1S/C43H61N3O11/c1-11-33-43(8)37(44-41(50)56-43)25(4)34(47)23(2)20-42(7)38(55-40-35(48)32(46(9)10)18-24(3)53-40)26(5)36(27(6)39(49)54-33)51-21-30(22-52-42)45-57-31-17-16-28-14-12-13-15-29(28)19-31/h12-17,19,23-27,32-33,35-38,40,48H,11,18,20-22H2,1-10H3,(H,44,50)/b45-30-/t23-,24-,25+,26+,27-,32+,33-,35-,36+,37-,38-,40+,42-,43-/m1/s1. The molecule has 57 heavy (non-hydrogen) atoms. The van der Waals surface area contributed by atoms with Gasteiger partial charge in [0.2, 0.25) is 0 Å². The molecule has 0 saturated carbocycles. The first-order valence-electron chi connectivity index (χ1n) is 20.3. The normalized spacial score (nSPS) is 40.4. The monoisotopic (exact) mass is 795 g/mol. The van der Waals surface area contributed by atoms with Gasteiger partial charge in [-0.15, -0.1) is 0 Å². The largest absolute Gasteiger partial charge is 0.458 e. The Morgan fingerprint density at radius 3 is 2.40 bits per heavy atom. The zero-order chi connectivity index (χ0) is 41.4. The van der Waals surface area contributed by atoms with Crippen molar-refractivity contribution in [2.45, 2.75) is 135 Å². The number of oxime groups is 1. The summed E-state index contributed by atoms with van der Waals surface area (Å²) in [5.74, 6) is -3.01. The maximum absolute atomic E-state index is 14.5. The molecule has 14 nitrogen and oxygen atoms in total. The number of aliphatic hydroxyl groups is 1. The van der Waals surface area contributed by atoms with E-state index in [9.17, 15) is 19.5 Å². The molecule has 14 heteroatoms. The average Bonchev–Trinajstić information content (AvgIpc) is 3.51. The van der Waals surface area contributed by atoms with Crippen LogP contribution >= 0.6 is 0 Å². The molecule has 4 aliphatic rings. The number of hydrogen-bond donors (Lipinski definition) is 2. The number of hydrogen-bond acceptors (Lipinski definition) is 13. The van der Waals surface area contributed by atoms with E-state index in [1.54, 1.807) is 20.8 Å². The van der Waals surface area contributed by atoms with Gasteiger partial charge in [-0.3, -0.25) is 9.59 Å². The molecule has 0 aromatic heterocycles. The number of alkyl carbamates (subject to hydrolysis) is 1. The second-order valence-electron chi connectivity index (χ2n) is 17.2. The van der Waals surface area contributed by atoms with Gasteiger partial charge in [-0.2, -0.15) is 0 Å². The third-order valence-electron chi connectivity index (χ3n) is 12.6. The van der Waals surface area contributed by atoms with Crippen molar-refractivity contribution in [2.75, 3.05) is 27.3 Å². The van der Waals surface area contributed by atoms with E-state index in [0.29, 0.717) is 24.3 Å². The highest BCUT2D eigenvalue weighted by Crippen LogP contribution is 2.42. The van der Waals surface area contributed by atoms with E-state index in [0.717, 1.165) is 10.8 Å². The first-order chi connectivity index (χ1) is 26.9. The van der Waals surface area contributed by atoms with Crippen molar-refractivity contribution in [1.82, 2.24) is 10.2 Å². The number of amides is 1. The van der Waals surface area contributed by atoms with Crippen molar-refractivity contribution in [3.8, 4) is 5.75 Å². The van der Waals surface area contributed by atoms with E-state index in [2.05, 4.69) is 10.5 Å². The molecule has 2 bridgehead atoms. The molecule has 0 aliphatic carbocycles. The fraction of sp³-hybridized carbons (Fsp3) is 0.674. The van der Waals surface area contributed by atoms with Crippen LogP contribution in [-0.4, -0.2) is 121 Å². The predicted octanol–water partition coefficient (Wildman–Crippen LogP) is 5.27. The summed E-state index contributed by atoms with van der Waals surface area (Å²) >= 11 is 0. The van der Waals surface area contributed by atoms with Gasteiger partial charge in [-0.25, -0.2) is 4.79 Å². The lowest BCUT2D eigenvalue weighted by atomic mass is 9.73. The summed E-state index contributed by atoms with van der Waals surface area (Å²) in [6, 6.07) is 12.6. The van der Waals surface area contributed by atoms with Crippen LogP contribution in [-0.2, 0) is 38.0 Å². The molecule has 4 heterocycles. The molecule has 0 radical (unpaired) electrons. The molecule has 0 unspecified atom stereocenters. The quantitative estimate of drug-likeness (QED) is 0.288. The van der Waals surface area contributed by atoms with E-state index in [1.807, 2.05) is 96.1 Å². The molecule has 2 aromatic carbocycles. The molecule has 14 atom stereocenters. The highest BCUT2D eigenvalue weighted by atomic mass is 16.7. The number of cyclic esters (lactones) is 1. The number of nitrogens with one attached hydrogen (secondary N) is 1. The van der Waals surface area contributed by atoms with Gasteiger partial charge in [0.05, 0.1) is 49.1 Å². The van der Waals surface area contributed by atoms with Gasteiger partial charge >= 0.3 is 12.1 Å². The number of ketones is 1. The fourth-order valence-corrected chi connectivity index (χ4v) is 9.44. The number of aliphatic hydroxyl groups excluding tert-OH is 1. The topological polar surface area (TPSA) is 164 Å². The van der Waals surface area contributed by atoms with E-state index >= 15 is 0 Å². The maximum atomic E-state index is 14.5. The van der Waals surface area contributed by atoms with Crippen molar-refractivity contribution in [1.29, 1.82) is 0 Å². The van der Waals surface area contributed by atoms with Crippen LogP contribution < -0.4 is 10.2 Å². The zero-order valence-corrected chi connectivity index (χ0v) is 34.9. The van der Waals surface area contributed by atoms with Gasteiger partial charge in [-0.1, -0.05) is 63.2 Å². The molecule has 2 aromatic rings. The van der Waals surface area contributed by atoms with Gasteiger partial charge in [0.25, 0.3) is 0 Å². The number of likely N-dealkylation sites (N-methyl/N-ethyl adjacent to an activating group) is 1. The van der Waals surface area contributed by atoms with Crippen LogP contribution in [0, 0.1) is 23.7 Å². The molecular weight excluding hydrogens is 734 g/mol. The van der Waals surface area contributed by atoms with Gasteiger partial charge < -0.3 is 48.6 Å². The Labute approximate surface area is 335 Å². The number of fused-ring (bicyclic) bond motifs is 5. The number of carbonyl (C=O) groups excluding carboxylic acids is 3. The summed E-state index contributed by atoms with van der Waals surface area (Å²) in [7, 11) is 3.81. The summed E-state index contributed by atoms with van der Waals surface area (Å²) in [6.45, 7) is 14.5. The molecule has 6 rings (SSSR count). The molecular formula is C43H61N3O11. The van der Waals surface area contributed by atoms with Gasteiger partial charge in [0.15, 0.2) is 17.6 Å². The third-order valence-corrected chi connectivity index (χ3v) is 12.6. The molecule has 0 spiro atoms. The average molecular weight is 796 g/mol. The van der Waals surface area contributed by atoms with Gasteiger partial charge in [0.1, 0.15) is 23.7 Å². The van der Waals surface area contributed by atoms with Crippen molar-refractivity contribution in [2.24, 2.45) is 28.8 Å². The van der Waals surface area contributed by atoms with Crippen LogP contribution in [0.25, 0.3) is 10.8 Å². The maximum Gasteiger partial charge on any atom is 0.408 e. The second kappa shape index (κ2) is 17.3. The highest BCUT2D eigenvalue weighted by Gasteiger charge is 2.57. The number of ether oxygens (including phenoxy) is 6. The minimum atomic E-state index is -1.32. The molecule has 314 valence electrons. The Kier molecular flexibility index (Phi) is 13.0. The molecule has 1 amide bonds. The molecule has 4 fully saturated rings. The van der Waals surface area contributed by atoms with Gasteiger partial charge in [-0.05, 0) is 84.0 Å². The zero-order valence-electron chi connectivity index (χ0n) is 34.9. The van der Waals surface area contributed by atoms with Crippen molar-refractivity contribution in [3.05, 3.63) is 42.5 Å². The fourth-order valence-electron chi connectivity index (χ4n) is 9.44. The van der Waals surface area contributed by atoms with Crippen molar-refractivity contribution >= 4 is 34.3 Å². The Hall–Kier alpha value is -3.66. The molecule has 2 N–H and O–H groups in total. The van der Waals surface area contributed by atoms with E-state index in [4.69, 9.17) is 33.3 Å². The van der Waals surface area contributed by atoms with E-state index < -0.39 is 83.7 Å². The molecule has 4 saturated heterocycles. The Balaban J connectivity index is 1.43. The van der Waals surface area contributed by atoms with Crippen molar-refractivity contribution in [3.63, 3.8) is 0 Å². The Bertz CT molecular complexity index is 1810. The Morgan fingerprint density at radius 2 is 1.70 bits per heavy atom.